The molecular weight excluding hydrogens is 250 g/mol. The van der Waals surface area contributed by atoms with Crippen LogP contribution in [0.2, 0.25) is 0 Å². The molecule has 19 heavy (non-hydrogen) atoms. The number of hydroxylamine groups is 1. The lowest BCUT2D eigenvalue weighted by atomic mass is 10.1. The molecule has 2 heterocycles. The first kappa shape index (κ1) is 14.3. The summed E-state index contributed by atoms with van der Waals surface area (Å²) in [6.07, 6.45) is 0.617. The molecule has 0 amide bonds. The van der Waals surface area contributed by atoms with Crippen molar-refractivity contribution in [1.82, 2.24) is 0 Å². The predicted molar refractivity (Wildman–Crippen MR) is 67.8 cm³/mol. The zero-order chi connectivity index (χ0) is 14.4. The van der Waals surface area contributed by atoms with E-state index in [0.717, 1.165) is 4.74 Å². The van der Waals surface area contributed by atoms with E-state index in [1.54, 1.807) is 34.6 Å². The van der Waals surface area contributed by atoms with Gasteiger partial charge in [0.2, 0.25) is 6.04 Å². The molecule has 0 unspecified atom stereocenters. The van der Waals surface area contributed by atoms with E-state index in [4.69, 9.17) is 14.2 Å². The minimum Gasteiger partial charge on any atom is -0.624 e. The Morgan fingerprint density at radius 1 is 1.42 bits per heavy atom. The molecule has 0 spiro atoms. The lowest BCUT2D eigenvalue weighted by Gasteiger charge is -2.23. The first-order chi connectivity index (χ1) is 8.57. The maximum atomic E-state index is 11.8. The molecule has 0 N–H and O–H groups in total. The Kier molecular flexibility index (Phi) is 3.35. The number of nitrogens with zero attached hydrogens (tertiary/aromatic N) is 1. The van der Waals surface area contributed by atoms with Gasteiger partial charge in [0.15, 0.2) is 24.2 Å². The molecule has 0 aromatic carbocycles. The third kappa shape index (κ3) is 3.25. The van der Waals surface area contributed by atoms with Gasteiger partial charge in [0.05, 0.1) is 0 Å². The van der Waals surface area contributed by atoms with Crippen molar-refractivity contribution < 1.29 is 23.7 Å². The molecule has 0 bridgehead atoms. The molecule has 2 aliphatic heterocycles. The molecule has 1 fully saturated rings. The number of esters is 1. The summed E-state index contributed by atoms with van der Waals surface area (Å²) >= 11 is 0. The second-order valence-corrected chi connectivity index (χ2v) is 6.43. The van der Waals surface area contributed by atoms with Gasteiger partial charge in [-0.3, -0.25) is 4.79 Å². The average Bonchev–Trinajstić information content (AvgIpc) is 2.58. The largest absolute Gasteiger partial charge is 0.624 e. The fourth-order valence-electron chi connectivity index (χ4n) is 2.39. The molecule has 2 rings (SSSR count). The van der Waals surface area contributed by atoms with Gasteiger partial charge in [0.1, 0.15) is 12.0 Å². The van der Waals surface area contributed by atoms with Crippen LogP contribution in [-0.4, -0.2) is 46.6 Å². The number of hydrogen-bond donors (Lipinski definition) is 0. The number of carbonyl (C=O) groups excluding carboxylic acids is 1. The Hall–Kier alpha value is -1.14. The summed E-state index contributed by atoms with van der Waals surface area (Å²) in [5.41, 5.74) is -0.557. The van der Waals surface area contributed by atoms with E-state index in [0.29, 0.717) is 0 Å². The monoisotopic (exact) mass is 271 g/mol. The molecular formula is C13H21NO5. The molecule has 0 aromatic heterocycles. The molecule has 0 aliphatic carbocycles. The van der Waals surface area contributed by atoms with Crippen LogP contribution < -0.4 is 0 Å². The first-order valence-corrected chi connectivity index (χ1v) is 6.45. The molecule has 3 atom stereocenters. The fourth-order valence-corrected chi connectivity index (χ4v) is 2.39. The predicted octanol–water partition coefficient (Wildman–Crippen LogP) is 1.20. The summed E-state index contributed by atoms with van der Waals surface area (Å²) in [6, 6.07) is -0.582. The molecule has 108 valence electrons. The second-order valence-electron chi connectivity index (χ2n) is 6.43. The SMILES string of the molecule is CC(C)(C)OC(=O)C[C@H]1[C@@H]2OC(C)(C)O[C@@H]2C=[N+]1[O-]. The molecule has 2 aliphatic rings. The number of hydrogen-bond acceptors (Lipinski definition) is 5. The van der Waals surface area contributed by atoms with E-state index in [9.17, 15) is 10.0 Å². The molecule has 0 radical (unpaired) electrons. The molecule has 0 aromatic rings. The van der Waals surface area contributed by atoms with Crippen molar-refractivity contribution in [3.8, 4) is 0 Å². The highest BCUT2D eigenvalue weighted by Crippen LogP contribution is 2.34. The van der Waals surface area contributed by atoms with Crippen LogP contribution in [0.4, 0.5) is 0 Å². The van der Waals surface area contributed by atoms with Gasteiger partial charge in [-0.15, -0.1) is 0 Å². The highest BCUT2D eigenvalue weighted by molar-refractivity contribution is 5.72. The van der Waals surface area contributed by atoms with Gasteiger partial charge in [-0.25, -0.2) is 4.74 Å². The summed E-state index contributed by atoms with van der Waals surface area (Å²) in [6.45, 7) is 8.96. The molecule has 0 saturated carbocycles. The average molecular weight is 271 g/mol. The van der Waals surface area contributed by atoms with Crippen molar-refractivity contribution in [1.29, 1.82) is 0 Å². The van der Waals surface area contributed by atoms with Gasteiger partial charge in [-0.2, -0.15) is 0 Å². The number of carbonyl (C=O) groups is 1. The van der Waals surface area contributed by atoms with E-state index >= 15 is 0 Å². The maximum Gasteiger partial charge on any atom is 0.313 e. The Balaban J connectivity index is 2.01. The van der Waals surface area contributed by atoms with E-state index < -0.39 is 29.5 Å². The van der Waals surface area contributed by atoms with E-state index in [1.807, 2.05) is 0 Å². The zero-order valence-electron chi connectivity index (χ0n) is 12.0. The van der Waals surface area contributed by atoms with Crippen molar-refractivity contribution in [3.63, 3.8) is 0 Å². The molecule has 1 saturated heterocycles. The minimum atomic E-state index is -0.723. The van der Waals surface area contributed by atoms with Crippen LogP contribution in [-0.2, 0) is 19.0 Å². The Morgan fingerprint density at radius 3 is 2.63 bits per heavy atom. The second kappa shape index (κ2) is 4.45. The van der Waals surface area contributed by atoms with Gasteiger partial charge in [-0.05, 0) is 34.6 Å². The van der Waals surface area contributed by atoms with Crippen LogP contribution in [0, 0.1) is 5.21 Å². The summed E-state index contributed by atoms with van der Waals surface area (Å²) in [4.78, 5) is 11.8. The van der Waals surface area contributed by atoms with Gasteiger partial charge in [0.25, 0.3) is 0 Å². The Morgan fingerprint density at radius 2 is 2.05 bits per heavy atom. The quantitative estimate of drug-likeness (QED) is 0.429. The van der Waals surface area contributed by atoms with Gasteiger partial charge in [-0.1, -0.05) is 0 Å². The standard InChI is InChI=1S/C13H21NO5/c1-12(2,3)18-10(15)6-8-11-9(7-14(8)16)17-13(4,5)19-11/h7-9,11H,6H2,1-5H3/t8-,9+,11-/m0/s1. The van der Waals surface area contributed by atoms with E-state index in [-0.39, 0.29) is 12.5 Å². The molecule has 6 heteroatoms. The van der Waals surface area contributed by atoms with Crippen LogP contribution in [0.25, 0.3) is 0 Å². The summed E-state index contributed by atoms with van der Waals surface area (Å²) < 4.78 is 17.2. The third-order valence-electron chi connectivity index (χ3n) is 2.96. The highest BCUT2D eigenvalue weighted by Gasteiger charge is 2.54. The van der Waals surface area contributed by atoms with Crippen LogP contribution in [0.3, 0.4) is 0 Å². The highest BCUT2D eigenvalue weighted by atomic mass is 16.8. The Labute approximate surface area is 112 Å². The summed E-state index contributed by atoms with van der Waals surface area (Å²) in [5.74, 6) is -1.13. The smallest absolute Gasteiger partial charge is 0.313 e. The number of rotatable bonds is 2. The van der Waals surface area contributed by atoms with Crippen molar-refractivity contribution in [2.45, 2.75) is 70.7 Å². The minimum absolute atomic E-state index is 0.00211. The normalized spacial score (nSPS) is 32.9. The topological polar surface area (TPSA) is 70.8 Å². The lowest BCUT2D eigenvalue weighted by Crippen LogP contribution is -2.37. The maximum absolute atomic E-state index is 11.8. The Bertz CT molecular complexity index is 410. The van der Waals surface area contributed by atoms with Crippen LogP contribution in [0.1, 0.15) is 41.0 Å². The van der Waals surface area contributed by atoms with E-state index in [1.165, 1.54) is 6.21 Å². The first-order valence-electron chi connectivity index (χ1n) is 6.45. The molecule has 6 nitrogen and oxygen atoms in total. The van der Waals surface area contributed by atoms with Crippen LogP contribution in [0.5, 0.6) is 0 Å². The van der Waals surface area contributed by atoms with Crippen molar-refractivity contribution in [2.75, 3.05) is 0 Å². The third-order valence-corrected chi connectivity index (χ3v) is 2.96. The van der Waals surface area contributed by atoms with Crippen molar-refractivity contribution in [2.24, 2.45) is 0 Å². The zero-order valence-corrected chi connectivity index (χ0v) is 12.0. The number of ether oxygens (including phenoxy) is 3. The van der Waals surface area contributed by atoms with Gasteiger partial charge in [0, 0.05) is 0 Å². The van der Waals surface area contributed by atoms with Crippen LogP contribution in [0.15, 0.2) is 0 Å². The lowest BCUT2D eigenvalue weighted by molar-refractivity contribution is -0.500. The van der Waals surface area contributed by atoms with E-state index in [2.05, 4.69) is 0 Å². The summed E-state index contributed by atoms with van der Waals surface area (Å²) in [5, 5.41) is 11.8. The van der Waals surface area contributed by atoms with Gasteiger partial charge < -0.3 is 19.4 Å². The van der Waals surface area contributed by atoms with Crippen molar-refractivity contribution >= 4 is 12.2 Å². The number of fused-ring (bicyclic) bond motifs is 1. The van der Waals surface area contributed by atoms with Crippen molar-refractivity contribution in [3.05, 3.63) is 5.21 Å². The van der Waals surface area contributed by atoms with Crippen LogP contribution >= 0.6 is 0 Å². The summed E-state index contributed by atoms with van der Waals surface area (Å²) in [7, 11) is 0. The van der Waals surface area contributed by atoms with Gasteiger partial charge >= 0.3 is 5.97 Å². The fraction of sp³-hybridized carbons (Fsp3) is 0.846.